The lowest BCUT2D eigenvalue weighted by atomic mass is 9.92. The van der Waals surface area contributed by atoms with Crippen LogP contribution in [0.5, 0.6) is 5.75 Å². The molecule has 8 heteroatoms. The summed E-state index contributed by atoms with van der Waals surface area (Å²) in [6.07, 6.45) is 11.2. The molecule has 178 valence electrons. The average molecular weight is 477 g/mol. The second kappa shape index (κ2) is 9.14. The van der Waals surface area contributed by atoms with Gasteiger partial charge in [-0.25, -0.2) is 9.97 Å². The molecule has 3 heterocycles. The summed E-state index contributed by atoms with van der Waals surface area (Å²) in [5.41, 5.74) is 5.27. The minimum Gasteiger partial charge on any atom is -0.508 e. The first kappa shape index (κ1) is 21.8. The smallest absolute Gasteiger partial charge is 0.282 e. The van der Waals surface area contributed by atoms with Gasteiger partial charge in [0.2, 0.25) is 0 Å². The Kier molecular flexibility index (Phi) is 5.53. The second-order valence-electron chi connectivity index (χ2n) is 8.77. The highest BCUT2D eigenvalue weighted by atomic mass is 16.3. The van der Waals surface area contributed by atoms with E-state index in [0.29, 0.717) is 28.4 Å². The second-order valence-corrected chi connectivity index (χ2v) is 8.77. The van der Waals surface area contributed by atoms with Gasteiger partial charge in [-0.05, 0) is 49.0 Å². The van der Waals surface area contributed by atoms with Gasteiger partial charge in [0.05, 0.1) is 17.5 Å². The number of fused-ring (bicyclic) bond motifs is 1. The Bertz CT molecular complexity index is 1620. The molecule has 0 spiro atoms. The van der Waals surface area contributed by atoms with Crippen LogP contribution in [0.1, 0.15) is 31.2 Å². The van der Waals surface area contributed by atoms with Crippen molar-refractivity contribution in [3.8, 4) is 28.1 Å². The number of nitrogens with zero attached hydrogens (tertiary/aromatic N) is 4. The number of H-pyrrole nitrogens is 1. The zero-order valence-corrected chi connectivity index (χ0v) is 19.5. The molecule has 0 radical (unpaired) electrons. The summed E-state index contributed by atoms with van der Waals surface area (Å²) in [4.78, 5) is 27.5. The van der Waals surface area contributed by atoms with Gasteiger partial charge in [-0.1, -0.05) is 48.5 Å². The molecule has 2 aromatic carbocycles. The molecule has 1 aliphatic rings. The fourth-order valence-corrected chi connectivity index (χ4v) is 4.72. The first-order chi connectivity index (χ1) is 17.7. The standard InChI is InChI=1S/C28H24N6O2/c35-21-13-11-19(12-14-21)24-26(31-22-17-29-15-16-30-22)32-27-23(18-7-3-1-4-8-18)25(33-34(27)28(24)36)20-9-5-2-6-10-20/h2,5-7,9-17,33,35H,1,3-4,8H2,(H,30,31). The summed E-state index contributed by atoms with van der Waals surface area (Å²) in [6, 6.07) is 16.5. The molecule has 0 bridgehead atoms. The molecular formula is C28H24N6O2. The first-order valence-electron chi connectivity index (χ1n) is 11.9. The maximum atomic E-state index is 14.0. The van der Waals surface area contributed by atoms with Crippen molar-refractivity contribution in [1.82, 2.24) is 24.6 Å². The summed E-state index contributed by atoms with van der Waals surface area (Å²) < 4.78 is 1.52. The lowest BCUT2D eigenvalue weighted by Gasteiger charge is -2.14. The maximum Gasteiger partial charge on any atom is 0.282 e. The molecule has 3 aromatic heterocycles. The third kappa shape index (κ3) is 3.92. The molecule has 8 nitrogen and oxygen atoms in total. The third-order valence-corrected chi connectivity index (χ3v) is 6.42. The highest BCUT2D eigenvalue weighted by Crippen LogP contribution is 2.37. The van der Waals surface area contributed by atoms with Gasteiger partial charge < -0.3 is 10.4 Å². The summed E-state index contributed by atoms with van der Waals surface area (Å²) >= 11 is 0. The van der Waals surface area contributed by atoms with Gasteiger partial charge in [-0.2, -0.15) is 4.52 Å². The van der Waals surface area contributed by atoms with E-state index in [2.05, 4.69) is 26.5 Å². The average Bonchev–Trinajstić information content (AvgIpc) is 3.31. The summed E-state index contributed by atoms with van der Waals surface area (Å²) in [7, 11) is 0. The summed E-state index contributed by atoms with van der Waals surface area (Å²) in [5, 5.41) is 16.4. The number of anilines is 2. The number of benzene rings is 2. The Morgan fingerprint density at radius 1 is 0.944 bits per heavy atom. The van der Waals surface area contributed by atoms with E-state index in [1.54, 1.807) is 42.9 Å². The van der Waals surface area contributed by atoms with Gasteiger partial charge in [0.1, 0.15) is 17.4 Å². The number of phenolic OH excluding ortho intramolecular Hbond substituents is 1. The highest BCUT2D eigenvalue weighted by molar-refractivity contribution is 5.89. The molecule has 0 saturated carbocycles. The van der Waals surface area contributed by atoms with E-state index < -0.39 is 0 Å². The number of nitrogens with one attached hydrogen (secondary N) is 2. The fourth-order valence-electron chi connectivity index (χ4n) is 4.72. The van der Waals surface area contributed by atoms with Crippen molar-refractivity contribution in [2.24, 2.45) is 0 Å². The van der Waals surface area contributed by atoms with Crippen LogP contribution in [0.3, 0.4) is 0 Å². The molecule has 6 rings (SSSR count). The third-order valence-electron chi connectivity index (χ3n) is 6.42. The number of hydrogen-bond acceptors (Lipinski definition) is 6. The number of aromatic nitrogens is 5. The van der Waals surface area contributed by atoms with Crippen LogP contribution in [0.25, 0.3) is 33.6 Å². The largest absolute Gasteiger partial charge is 0.508 e. The zero-order chi connectivity index (χ0) is 24.5. The van der Waals surface area contributed by atoms with E-state index in [1.807, 2.05) is 30.3 Å². The van der Waals surface area contributed by atoms with Crippen LogP contribution >= 0.6 is 0 Å². The summed E-state index contributed by atoms with van der Waals surface area (Å²) in [6.45, 7) is 0. The molecule has 3 N–H and O–H groups in total. The fraction of sp³-hybridized carbons (Fsp3) is 0.143. The van der Waals surface area contributed by atoms with E-state index in [0.717, 1.165) is 42.5 Å². The predicted octanol–water partition coefficient (Wildman–Crippen LogP) is 5.55. The highest BCUT2D eigenvalue weighted by Gasteiger charge is 2.24. The monoisotopic (exact) mass is 476 g/mol. The summed E-state index contributed by atoms with van der Waals surface area (Å²) in [5.74, 6) is 0.975. The Balaban J connectivity index is 1.66. The number of aromatic hydroxyl groups is 1. The van der Waals surface area contributed by atoms with Crippen LogP contribution in [-0.2, 0) is 0 Å². The van der Waals surface area contributed by atoms with Gasteiger partial charge in [0, 0.05) is 23.5 Å². The predicted molar refractivity (Wildman–Crippen MR) is 140 cm³/mol. The van der Waals surface area contributed by atoms with Crippen molar-refractivity contribution in [3.05, 3.63) is 95.2 Å². The van der Waals surface area contributed by atoms with Crippen molar-refractivity contribution in [1.29, 1.82) is 0 Å². The van der Waals surface area contributed by atoms with Gasteiger partial charge in [0.15, 0.2) is 5.65 Å². The quantitative estimate of drug-likeness (QED) is 0.307. The van der Waals surface area contributed by atoms with Gasteiger partial charge in [-0.15, -0.1) is 0 Å². The minimum absolute atomic E-state index is 0.120. The van der Waals surface area contributed by atoms with Crippen LogP contribution in [-0.4, -0.2) is 29.7 Å². The van der Waals surface area contributed by atoms with Crippen LogP contribution in [0.2, 0.25) is 0 Å². The number of hydrogen-bond donors (Lipinski definition) is 3. The lowest BCUT2D eigenvalue weighted by molar-refractivity contribution is 0.475. The minimum atomic E-state index is -0.253. The van der Waals surface area contributed by atoms with E-state index in [9.17, 15) is 9.90 Å². The maximum absolute atomic E-state index is 14.0. The van der Waals surface area contributed by atoms with Crippen molar-refractivity contribution in [2.45, 2.75) is 25.7 Å². The molecule has 36 heavy (non-hydrogen) atoms. The number of phenols is 1. The molecule has 0 aliphatic heterocycles. The number of allylic oxidation sites excluding steroid dienone is 2. The molecule has 0 saturated heterocycles. The molecule has 0 amide bonds. The van der Waals surface area contributed by atoms with Crippen LogP contribution in [0.15, 0.2) is 84.1 Å². The zero-order valence-electron chi connectivity index (χ0n) is 19.5. The van der Waals surface area contributed by atoms with E-state index in [-0.39, 0.29) is 11.3 Å². The van der Waals surface area contributed by atoms with Gasteiger partial charge in [0.25, 0.3) is 5.56 Å². The molecule has 5 aromatic rings. The van der Waals surface area contributed by atoms with E-state index in [1.165, 1.54) is 10.1 Å². The number of rotatable bonds is 5. The van der Waals surface area contributed by atoms with Crippen LogP contribution in [0.4, 0.5) is 11.6 Å². The van der Waals surface area contributed by atoms with Crippen molar-refractivity contribution in [2.75, 3.05) is 5.32 Å². The first-order valence-corrected chi connectivity index (χ1v) is 11.9. The molecular weight excluding hydrogens is 452 g/mol. The van der Waals surface area contributed by atoms with Gasteiger partial charge >= 0.3 is 0 Å². The number of aromatic amines is 1. The van der Waals surface area contributed by atoms with Crippen molar-refractivity contribution < 1.29 is 5.11 Å². The van der Waals surface area contributed by atoms with E-state index >= 15 is 0 Å². The normalized spacial score (nSPS) is 13.5. The van der Waals surface area contributed by atoms with Crippen molar-refractivity contribution >= 4 is 22.9 Å². The Hall–Kier alpha value is -4.72. The van der Waals surface area contributed by atoms with Crippen molar-refractivity contribution in [3.63, 3.8) is 0 Å². The topological polar surface area (TPSA) is 108 Å². The molecule has 0 fully saturated rings. The Morgan fingerprint density at radius 3 is 2.50 bits per heavy atom. The Morgan fingerprint density at radius 2 is 1.78 bits per heavy atom. The Labute approximate surface area is 207 Å². The SMILES string of the molecule is O=c1c(-c2ccc(O)cc2)c(Nc2cnccn2)nc2c(C3=CCCCC3)c(-c3ccccc3)[nH]n12. The van der Waals surface area contributed by atoms with Crippen LogP contribution < -0.4 is 10.9 Å². The van der Waals surface area contributed by atoms with E-state index in [4.69, 9.17) is 4.98 Å². The molecule has 0 unspecified atom stereocenters. The lowest BCUT2D eigenvalue weighted by Crippen LogP contribution is -2.20. The van der Waals surface area contributed by atoms with Crippen LogP contribution in [0, 0.1) is 0 Å². The molecule has 0 atom stereocenters. The van der Waals surface area contributed by atoms with Gasteiger partial charge in [-0.3, -0.25) is 14.9 Å². The molecule has 1 aliphatic carbocycles.